The average molecular weight is 404 g/mol. The van der Waals surface area contributed by atoms with Gasteiger partial charge in [0.15, 0.2) is 0 Å². The number of amides is 2. The molecule has 29 heavy (non-hydrogen) atoms. The maximum Gasteiger partial charge on any atom is 0.227 e. The number of nitrogens with one attached hydrogen (secondary N) is 1. The van der Waals surface area contributed by atoms with E-state index < -0.39 is 0 Å². The second-order valence-electron chi connectivity index (χ2n) is 9.66. The molecule has 2 aliphatic heterocycles. The van der Waals surface area contributed by atoms with Crippen molar-refractivity contribution in [2.24, 2.45) is 11.3 Å². The standard InChI is InChI=1S/C23H34FN3O2/c1-23(2,3)16-21(28)27-14-10-20(11-15-27)26-12-8-17(9-13-26)22(29)25-19-6-4-18(24)5-7-19/h4-7,17,20H,8-16H2,1-3H3,(H,25,29). The van der Waals surface area contributed by atoms with Crippen molar-refractivity contribution in [2.45, 2.75) is 58.9 Å². The second-order valence-corrected chi connectivity index (χ2v) is 9.66. The van der Waals surface area contributed by atoms with Gasteiger partial charge in [0.1, 0.15) is 5.82 Å². The van der Waals surface area contributed by atoms with Crippen molar-refractivity contribution in [1.82, 2.24) is 9.80 Å². The summed E-state index contributed by atoms with van der Waals surface area (Å²) in [5.41, 5.74) is 0.677. The molecule has 1 N–H and O–H groups in total. The van der Waals surface area contributed by atoms with Crippen LogP contribution in [-0.4, -0.2) is 53.8 Å². The van der Waals surface area contributed by atoms with Crippen LogP contribution in [0.2, 0.25) is 0 Å². The third-order valence-corrected chi connectivity index (χ3v) is 6.03. The summed E-state index contributed by atoms with van der Waals surface area (Å²) in [6.45, 7) is 9.83. The van der Waals surface area contributed by atoms with E-state index in [1.54, 1.807) is 12.1 Å². The van der Waals surface area contributed by atoms with E-state index >= 15 is 0 Å². The molecule has 2 fully saturated rings. The normalized spacial score (nSPS) is 19.9. The van der Waals surface area contributed by atoms with Gasteiger partial charge in [-0.3, -0.25) is 9.59 Å². The van der Waals surface area contributed by atoms with Crippen molar-refractivity contribution in [2.75, 3.05) is 31.5 Å². The third kappa shape index (κ3) is 6.26. The quantitative estimate of drug-likeness (QED) is 0.829. The van der Waals surface area contributed by atoms with Gasteiger partial charge in [0.05, 0.1) is 0 Å². The van der Waals surface area contributed by atoms with Crippen LogP contribution in [0.4, 0.5) is 10.1 Å². The van der Waals surface area contributed by atoms with Gasteiger partial charge in [-0.1, -0.05) is 20.8 Å². The summed E-state index contributed by atoms with van der Waals surface area (Å²) in [6, 6.07) is 6.41. The minimum Gasteiger partial charge on any atom is -0.343 e. The lowest BCUT2D eigenvalue weighted by Gasteiger charge is -2.42. The first-order chi connectivity index (χ1) is 13.7. The molecule has 0 radical (unpaired) electrons. The lowest BCUT2D eigenvalue weighted by Crippen LogP contribution is -2.50. The van der Waals surface area contributed by atoms with Crippen molar-refractivity contribution >= 4 is 17.5 Å². The Bertz CT molecular complexity index is 698. The van der Waals surface area contributed by atoms with Crippen LogP contribution in [-0.2, 0) is 9.59 Å². The zero-order chi connectivity index (χ0) is 21.0. The molecule has 2 amide bonds. The summed E-state index contributed by atoms with van der Waals surface area (Å²) in [5.74, 6) is -0.00167. The fraction of sp³-hybridized carbons (Fsp3) is 0.652. The highest BCUT2D eigenvalue weighted by atomic mass is 19.1. The molecule has 0 aliphatic carbocycles. The molecule has 1 aromatic rings. The first-order valence-electron chi connectivity index (χ1n) is 10.8. The van der Waals surface area contributed by atoms with Crippen LogP contribution in [0, 0.1) is 17.2 Å². The monoisotopic (exact) mass is 403 g/mol. The number of piperidine rings is 2. The van der Waals surface area contributed by atoms with E-state index in [1.165, 1.54) is 12.1 Å². The van der Waals surface area contributed by atoms with Gasteiger partial charge < -0.3 is 15.1 Å². The predicted octanol–water partition coefficient (Wildman–Crippen LogP) is 3.90. The van der Waals surface area contributed by atoms with Crippen molar-refractivity contribution in [3.63, 3.8) is 0 Å². The molecule has 160 valence electrons. The number of hydrogen-bond acceptors (Lipinski definition) is 3. The molecule has 0 aromatic heterocycles. The van der Waals surface area contributed by atoms with Crippen molar-refractivity contribution in [3.05, 3.63) is 30.1 Å². The molecule has 0 unspecified atom stereocenters. The summed E-state index contributed by atoms with van der Waals surface area (Å²) < 4.78 is 13.0. The Balaban J connectivity index is 1.41. The first kappa shape index (κ1) is 21.8. The van der Waals surface area contributed by atoms with Crippen molar-refractivity contribution < 1.29 is 14.0 Å². The largest absolute Gasteiger partial charge is 0.343 e. The van der Waals surface area contributed by atoms with Gasteiger partial charge in [0.25, 0.3) is 0 Å². The van der Waals surface area contributed by atoms with Gasteiger partial charge in [-0.05, 0) is 68.5 Å². The summed E-state index contributed by atoms with van der Waals surface area (Å²) in [6.07, 6.45) is 4.32. The zero-order valence-corrected chi connectivity index (χ0v) is 17.9. The van der Waals surface area contributed by atoms with Gasteiger partial charge >= 0.3 is 0 Å². The molecule has 2 saturated heterocycles. The Morgan fingerprint density at radius 1 is 1.00 bits per heavy atom. The van der Waals surface area contributed by atoms with Crippen molar-refractivity contribution in [1.29, 1.82) is 0 Å². The van der Waals surface area contributed by atoms with E-state index in [-0.39, 0.29) is 29.0 Å². The number of rotatable bonds is 4. The maximum absolute atomic E-state index is 13.0. The minimum absolute atomic E-state index is 0.00440. The van der Waals surface area contributed by atoms with Crippen LogP contribution < -0.4 is 5.32 Å². The molecule has 3 rings (SSSR count). The molecular weight excluding hydrogens is 369 g/mol. The number of anilines is 1. The highest BCUT2D eigenvalue weighted by Gasteiger charge is 2.32. The molecule has 6 heteroatoms. The molecule has 1 aromatic carbocycles. The van der Waals surface area contributed by atoms with Gasteiger partial charge in [0.2, 0.25) is 11.8 Å². The molecule has 2 heterocycles. The number of nitrogens with zero attached hydrogens (tertiary/aromatic N) is 2. The topological polar surface area (TPSA) is 52.7 Å². The lowest BCUT2D eigenvalue weighted by molar-refractivity contribution is -0.135. The minimum atomic E-state index is -0.303. The Morgan fingerprint density at radius 3 is 2.14 bits per heavy atom. The molecule has 5 nitrogen and oxygen atoms in total. The lowest BCUT2D eigenvalue weighted by atomic mass is 9.90. The molecule has 0 atom stereocenters. The zero-order valence-electron chi connectivity index (χ0n) is 17.9. The van der Waals surface area contributed by atoms with Gasteiger partial charge in [0, 0.05) is 37.2 Å². The number of halogens is 1. The Hall–Kier alpha value is -1.95. The molecule has 0 bridgehead atoms. The van der Waals surface area contributed by atoms with Crippen molar-refractivity contribution in [3.8, 4) is 0 Å². The first-order valence-corrected chi connectivity index (χ1v) is 10.8. The molecule has 2 aliphatic rings. The number of likely N-dealkylation sites (tertiary alicyclic amines) is 2. The predicted molar refractivity (Wildman–Crippen MR) is 113 cm³/mol. The van der Waals surface area contributed by atoms with Crippen LogP contribution in [0.15, 0.2) is 24.3 Å². The fourth-order valence-corrected chi connectivity index (χ4v) is 4.35. The van der Waals surface area contributed by atoms with E-state index in [2.05, 4.69) is 31.0 Å². The second kappa shape index (κ2) is 9.24. The van der Waals surface area contributed by atoms with Crippen LogP contribution in [0.1, 0.15) is 52.9 Å². The van der Waals surface area contributed by atoms with Crippen LogP contribution in [0.25, 0.3) is 0 Å². The van der Waals surface area contributed by atoms with E-state index in [1.807, 2.05) is 4.90 Å². The number of benzene rings is 1. The van der Waals surface area contributed by atoms with E-state index in [9.17, 15) is 14.0 Å². The SMILES string of the molecule is CC(C)(C)CC(=O)N1CCC(N2CCC(C(=O)Nc3ccc(F)cc3)CC2)CC1. The van der Waals surface area contributed by atoms with Crippen LogP contribution >= 0.6 is 0 Å². The molecule has 0 saturated carbocycles. The molecule has 0 spiro atoms. The smallest absolute Gasteiger partial charge is 0.227 e. The molecular formula is C23H34FN3O2. The van der Waals surface area contributed by atoms with Crippen LogP contribution in [0.5, 0.6) is 0 Å². The fourth-order valence-electron chi connectivity index (χ4n) is 4.35. The van der Waals surface area contributed by atoms with E-state index in [0.29, 0.717) is 18.2 Å². The van der Waals surface area contributed by atoms with Gasteiger partial charge in [-0.15, -0.1) is 0 Å². The number of carbonyl (C=O) groups is 2. The number of hydrogen-bond donors (Lipinski definition) is 1. The Morgan fingerprint density at radius 2 is 1.59 bits per heavy atom. The average Bonchev–Trinajstić information content (AvgIpc) is 2.69. The maximum atomic E-state index is 13.0. The Kier molecular flexibility index (Phi) is 6.93. The highest BCUT2D eigenvalue weighted by Crippen LogP contribution is 2.26. The van der Waals surface area contributed by atoms with Gasteiger partial charge in [-0.2, -0.15) is 0 Å². The summed E-state index contributed by atoms with van der Waals surface area (Å²) >= 11 is 0. The van der Waals surface area contributed by atoms with E-state index in [4.69, 9.17) is 0 Å². The van der Waals surface area contributed by atoms with Crippen LogP contribution in [0.3, 0.4) is 0 Å². The van der Waals surface area contributed by atoms with Gasteiger partial charge in [-0.25, -0.2) is 4.39 Å². The summed E-state index contributed by atoms with van der Waals surface area (Å²) in [5, 5.41) is 2.90. The highest BCUT2D eigenvalue weighted by molar-refractivity contribution is 5.92. The summed E-state index contributed by atoms with van der Waals surface area (Å²) in [4.78, 5) is 29.4. The summed E-state index contributed by atoms with van der Waals surface area (Å²) in [7, 11) is 0. The Labute approximate surface area is 173 Å². The van der Waals surface area contributed by atoms with E-state index in [0.717, 1.165) is 51.9 Å². The third-order valence-electron chi connectivity index (χ3n) is 6.03. The number of carbonyl (C=O) groups excluding carboxylic acids is 2.